The van der Waals surface area contributed by atoms with E-state index in [2.05, 4.69) is 10.6 Å². The van der Waals surface area contributed by atoms with Gasteiger partial charge in [0.2, 0.25) is 11.8 Å². The molecule has 0 spiro atoms. The Hall–Kier alpha value is -1.79. The van der Waals surface area contributed by atoms with E-state index in [0.29, 0.717) is 24.4 Å². The number of hydrogen-bond donors (Lipinski definition) is 2. The summed E-state index contributed by atoms with van der Waals surface area (Å²) >= 11 is 12.1. The summed E-state index contributed by atoms with van der Waals surface area (Å²) in [4.78, 5) is 39.2. The van der Waals surface area contributed by atoms with E-state index in [0.717, 1.165) is 0 Å². The minimum absolute atomic E-state index is 0.266. The smallest absolute Gasteiger partial charge is 0.256 e. The molecule has 0 bridgehead atoms. The van der Waals surface area contributed by atoms with Gasteiger partial charge in [-0.3, -0.25) is 14.4 Å². The average molecular weight is 414 g/mol. The van der Waals surface area contributed by atoms with E-state index in [-0.39, 0.29) is 28.3 Å². The molecule has 0 radical (unpaired) electrons. The van der Waals surface area contributed by atoms with E-state index < -0.39 is 17.6 Å². The van der Waals surface area contributed by atoms with Gasteiger partial charge >= 0.3 is 0 Å². The Morgan fingerprint density at radius 2 is 1.89 bits per heavy atom. The number of hydrogen-bond acceptors (Lipinski definition) is 3. The molecule has 1 fully saturated rings. The fourth-order valence-corrected chi connectivity index (χ4v) is 3.32. The first-order chi connectivity index (χ1) is 12.5. The number of carbonyl (C=O) groups excluding carboxylic acids is 3. The predicted octanol–water partition coefficient (Wildman–Crippen LogP) is 3.02. The minimum atomic E-state index is -0.705. The lowest BCUT2D eigenvalue weighted by Gasteiger charge is -2.27. The zero-order chi connectivity index (χ0) is 20.4. The topological polar surface area (TPSA) is 78.5 Å². The predicted molar refractivity (Wildman–Crippen MR) is 106 cm³/mol. The molecule has 1 saturated heterocycles. The van der Waals surface area contributed by atoms with Gasteiger partial charge in [0.05, 0.1) is 10.6 Å². The lowest BCUT2D eigenvalue weighted by molar-refractivity contribution is -0.131. The van der Waals surface area contributed by atoms with Crippen LogP contribution in [0.1, 0.15) is 50.9 Å². The Balaban J connectivity index is 2.09. The molecule has 27 heavy (non-hydrogen) atoms. The summed E-state index contributed by atoms with van der Waals surface area (Å²) in [7, 11) is 0. The number of nitrogens with zero attached hydrogens (tertiary/aromatic N) is 1. The van der Waals surface area contributed by atoms with Crippen molar-refractivity contribution in [2.45, 2.75) is 58.2 Å². The molecule has 148 valence electrons. The highest BCUT2D eigenvalue weighted by molar-refractivity contribution is 6.35. The molecule has 8 heteroatoms. The molecule has 3 amide bonds. The van der Waals surface area contributed by atoms with Crippen LogP contribution in [0.15, 0.2) is 18.2 Å². The van der Waals surface area contributed by atoms with Gasteiger partial charge in [0.1, 0.15) is 12.1 Å². The largest absolute Gasteiger partial charge is 0.350 e. The molecule has 0 aliphatic carbocycles. The van der Waals surface area contributed by atoms with Crippen LogP contribution in [0.3, 0.4) is 0 Å². The summed E-state index contributed by atoms with van der Waals surface area (Å²) in [6.07, 6.45) is 1.23. The van der Waals surface area contributed by atoms with Gasteiger partial charge in [0.25, 0.3) is 5.91 Å². The summed E-state index contributed by atoms with van der Waals surface area (Å²) < 4.78 is 0. The third-order valence-corrected chi connectivity index (χ3v) is 4.79. The molecule has 1 aliphatic rings. The zero-order valence-electron chi connectivity index (χ0n) is 15.9. The maximum atomic E-state index is 12.9. The van der Waals surface area contributed by atoms with Gasteiger partial charge in [-0.05, 0) is 58.7 Å². The second kappa shape index (κ2) is 8.48. The van der Waals surface area contributed by atoms with Crippen LogP contribution >= 0.6 is 23.2 Å². The first-order valence-corrected chi connectivity index (χ1v) is 9.63. The Labute approximate surface area is 169 Å². The molecule has 2 rings (SSSR count). The fourth-order valence-electron chi connectivity index (χ4n) is 2.95. The second-order valence-corrected chi connectivity index (χ2v) is 8.59. The fraction of sp³-hybridized carbons (Fsp3) is 0.526. The first-order valence-electron chi connectivity index (χ1n) is 8.88. The van der Waals surface area contributed by atoms with Crippen LogP contribution in [0, 0.1) is 0 Å². The van der Waals surface area contributed by atoms with Crippen molar-refractivity contribution >= 4 is 40.9 Å². The Morgan fingerprint density at radius 1 is 1.22 bits per heavy atom. The first kappa shape index (κ1) is 21.5. The summed E-state index contributed by atoms with van der Waals surface area (Å²) in [5, 5.41) is 6.21. The summed E-state index contributed by atoms with van der Waals surface area (Å²) in [5.41, 5.74) is -0.128. The maximum absolute atomic E-state index is 12.9. The number of halogens is 2. The van der Waals surface area contributed by atoms with Crippen LogP contribution in [0.25, 0.3) is 0 Å². The van der Waals surface area contributed by atoms with Crippen LogP contribution in [0.4, 0.5) is 0 Å². The molecule has 1 heterocycles. The second-order valence-electron chi connectivity index (χ2n) is 7.75. The van der Waals surface area contributed by atoms with E-state index in [9.17, 15) is 14.4 Å². The van der Waals surface area contributed by atoms with Crippen molar-refractivity contribution in [3.05, 3.63) is 33.8 Å². The van der Waals surface area contributed by atoms with Crippen LogP contribution in [-0.4, -0.2) is 46.8 Å². The van der Waals surface area contributed by atoms with Gasteiger partial charge in [-0.25, -0.2) is 0 Å². The van der Waals surface area contributed by atoms with Crippen molar-refractivity contribution in [3.8, 4) is 0 Å². The van der Waals surface area contributed by atoms with E-state index in [1.54, 1.807) is 19.1 Å². The van der Waals surface area contributed by atoms with Crippen molar-refractivity contribution < 1.29 is 14.4 Å². The molecule has 6 nitrogen and oxygen atoms in total. The van der Waals surface area contributed by atoms with Crippen LogP contribution in [-0.2, 0) is 9.59 Å². The lowest BCUT2D eigenvalue weighted by atomic mass is 10.1. The molecular weight excluding hydrogens is 389 g/mol. The molecule has 0 saturated carbocycles. The molecule has 0 aromatic heterocycles. The Kier molecular flexibility index (Phi) is 6.76. The number of amides is 3. The van der Waals surface area contributed by atoms with Crippen molar-refractivity contribution in [2.24, 2.45) is 0 Å². The van der Waals surface area contributed by atoms with Gasteiger partial charge < -0.3 is 15.5 Å². The van der Waals surface area contributed by atoms with Gasteiger partial charge in [-0.2, -0.15) is 0 Å². The quantitative estimate of drug-likeness (QED) is 0.795. The van der Waals surface area contributed by atoms with Crippen molar-refractivity contribution in [1.82, 2.24) is 15.5 Å². The Bertz CT molecular complexity index is 746. The number of nitrogens with one attached hydrogen (secondary N) is 2. The van der Waals surface area contributed by atoms with Gasteiger partial charge in [0, 0.05) is 17.1 Å². The summed E-state index contributed by atoms with van der Waals surface area (Å²) in [5.74, 6) is -0.966. The highest BCUT2D eigenvalue weighted by atomic mass is 35.5. The molecule has 1 aliphatic heterocycles. The van der Waals surface area contributed by atoms with Gasteiger partial charge in [-0.15, -0.1) is 0 Å². The molecule has 1 aromatic rings. The van der Waals surface area contributed by atoms with E-state index in [1.165, 1.54) is 11.0 Å². The monoisotopic (exact) mass is 413 g/mol. The summed E-state index contributed by atoms with van der Waals surface area (Å²) in [6, 6.07) is 3.31. The highest BCUT2D eigenvalue weighted by Gasteiger charge is 2.36. The number of carbonyl (C=O) groups is 3. The standard InChI is InChI=1S/C19H25Cl2N3O3/c1-11(16(25)23-19(2,3)4)22-17(26)15-6-5-9-24(15)18(27)13-10-12(20)7-8-14(13)21/h7-8,10-11,15H,5-6,9H2,1-4H3,(H,22,26)(H,23,25). The van der Waals surface area contributed by atoms with E-state index in [4.69, 9.17) is 23.2 Å². The van der Waals surface area contributed by atoms with Gasteiger partial charge in [0.15, 0.2) is 0 Å². The molecule has 1 aromatic carbocycles. The van der Waals surface area contributed by atoms with Gasteiger partial charge in [-0.1, -0.05) is 23.2 Å². The SMILES string of the molecule is CC(NC(=O)C1CCCN1C(=O)c1cc(Cl)ccc1Cl)C(=O)NC(C)(C)C. The van der Waals surface area contributed by atoms with E-state index in [1.807, 2.05) is 20.8 Å². The number of likely N-dealkylation sites (tertiary alicyclic amines) is 1. The maximum Gasteiger partial charge on any atom is 0.256 e. The van der Waals surface area contributed by atoms with Crippen LogP contribution in [0.2, 0.25) is 10.0 Å². The number of rotatable bonds is 4. The average Bonchev–Trinajstić information content (AvgIpc) is 3.04. The third-order valence-electron chi connectivity index (χ3n) is 4.23. The van der Waals surface area contributed by atoms with Crippen molar-refractivity contribution in [1.29, 1.82) is 0 Å². The van der Waals surface area contributed by atoms with Crippen LogP contribution < -0.4 is 10.6 Å². The Morgan fingerprint density at radius 3 is 2.52 bits per heavy atom. The number of benzene rings is 1. The molecule has 2 N–H and O–H groups in total. The normalized spacial score (nSPS) is 18.1. The molecule has 2 unspecified atom stereocenters. The van der Waals surface area contributed by atoms with Crippen molar-refractivity contribution in [3.63, 3.8) is 0 Å². The van der Waals surface area contributed by atoms with Crippen LogP contribution in [0.5, 0.6) is 0 Å². The zero-order valence-corrected chi connectivity index (χ0v) is 17.4. The summed E-state index contributed by atoms with van der Waals surface area (Å²) in [6.45, 7) is 7.67. The lowest BCUT2D eigenvalue weighted by Crippen LogP contribution is -2.54. The highest BCUT2D eigenvalue weighted by Crippen LogP contribution is 2.26. The third kappa shape index (κ3) is 5.59. The minimum Gasteiger partial charge on any atom is -0.350 e. The van der Waals surface area contributed by atoms with E-state index >= 15 is 0 Å². The molecule has 2 atom stereocenters. The van der Waals surface area contributed by atoms with Crippen molar-refractivity contribution in [2.75, 3.05) is 6.54 Å². The molecular formula is C19H25Cl2N3O3.